The minimum atomic E-state index is -4.53. The molecule has 0 unspecified atom stereocenters. The minimum absolute atomic E-state index is 0.0297. The molecule has 1 heterocycles. The summed E-state index contributed by atoms with van der Waals surface area (Å²) < 4.78 is 43.3. The second-order valence-electron chi connectivity index (χ2n) is 9.90. The van der Waals surface area contributed by atoms with E-state index in [2.05, 4.69) is 10.4 Å². The lowest BCUT2D eigenvalue weighted by Gasteiger charge is -2.15. The maximum Gasteiger partial charge on any atom is 0.418 e. The number of carbonyl (C=O) groups is 1. The molecule has 5 nitrogen and oxygen atoms in total. The van der Waals surface area contributed by atoms with Crippen molar-refractivity contribution in [2.24, 2.45) is 0 Å². The third kappa shape index (κ3) is 5.71. The van der Waals surface area contributed by atoms with Crippen molar-refractivity contribution in [3.8, 4) is 11.3 Å². The van der Waals surface area contributed by atoms with Crippen molar-refractivity contribution < 1.29 is 23.1 Å². The molecule has 0 bridgehead atoms. The fourth-order valence-electron chi connectivity index (χ4n) is 5.16. The number of halogens is 3. The standard InChI is InChI=1S/C32H28F3N3O2/c1-20-14-23(16-29(39)40)15-21(2)27(20)18-36-25-11-6-10-24(17-25)31-26-12-7-13-28(32(33,34)35)30(26)37-38(31)19-22-8-4-3-5-9-22/h3-15,17,36H,16,18-19H2,1-2H3,(H,39,40). The van der Waals surface area contributed by atoms with Crippen LogP contribution in [0.5, 0.6) is 0 Å². The van der Waals surface area contributed by atoms with Crippen LogP contribution in [0.25, 0.3) is 22.2 Å². The lowest BCUT2D eigenvalue weighted by Crippen LogP contribution is -2.07. The molecule has 1 aromatic heterocycles. The molecule has 0 aliphatic rings. The summed E-state index contributed by atoms with van der Waals surface area (Å²) in [6, 6.07) is 25.0. The summed E-state index contributed by atoms with van der Waals surface area (Å²) in [5.74, 6) is -0.872. The average Bonchev–Trinajstić information content (AvgIpc) is 3.25. The number of hydrogen-bond acceptors (Lipinski definition) is 3. The van der Waals surface area contributed by atoms with Crippen molar-refractivity contribution in [2.45, 2.75) is 39.5 Å². The molecular weight excluding hydrogens is 515 g/mol. The first-order valence-corrected chi connectivity index (χ1v) is 12.9. The smallest absolute Gasteiger partial charge is 0.418 e. The van der Waals surface area contributed by atoms with Gasteiger partial charge in [-0.2, -0.15) is 18.3 Å². The monoisotopic (exact) mass is 543 g/mol. The second kappa shape index (κ2) is 10.9. The van der Waals surface area contributed by atoms with Crippen LogP contribution in [0.4, 0.5) is 18.9 Å². The Hall–Kier alpha value is -4.59. The van der Waals surface area contributed by atoms with E-state index < -0.39 is 17.7 Å². The van der Waals surface area contributed by atoms with Crippen LogP contribution in [-0.4, -0.2) is 20.9 Å². The van der Waals surface area contributed by atoms with Gasteiger partial charge < -0.3 is 10.4 Å². The summed E-state index contributed by atoms with van der Waals surface area (Å²) in [7, 11) is 0. The molecule has 0 aliphatic carbocycles. The number of aromatic nitrogens is 2. The van der Waals surface area contributed by atoms with E-state index in [0.717, 1.165) is 45.1 Å². The number of fused-ring (bicyclic) bond motifs is 1. The van der Waals surface area contributed by atoms with Gasteiger partial charge in [-0.1, -0.05) is 66.7 Å². The van der Waals surface area contributed by atoms with E-state index in [0.29, 0.717) is 24.2 Å². The molecule has 2 N–H and O–H groups in total. The zero-order valence-corrected chi connectivity index (χ0v) is 22.1. The molecule has 0 radical (unpaired) electrons. The first-order chi connectivity index (χ1) is 19.1. The highest BCUT2D eigenvalue weighted by molar-refractivity contribution is 5.95. The zero-order valence-electron chi connectivity index (χ0n) is 22.1. The Labute approximate surface area is 229 Å². The first-order valence-electron chi connectivity index (χ1n) is 12.9. The Morgan fingerprint density at radius 2 is 1.60 bits per heavy atom. The number of aryl methyl sites for hydroxylation is 2. The third-order valence-electron chi connectivity index (χ3n) is 6.97. The van der Waals surface area contributed by atoms with Gasteiger partial charge in [0.05, 0.1) is 24.2 Å². The second-order valence-corrected chi connectivity index (χ2v) is 9.90. The highest BCUT2D eigenvalue weighted by Gasteiger charge is 2.34. The number of nitrogens with zero attached hydrogens (tertiary/aromatic N) is 2. The number of aliphatic carboxylic acids is 1. The number of nitrogens with one attached hydrogen (secondary N) is 1. The highest BCUT2D eigenvalue weighted by Crippen LogP contribution is 2.38. The largest absolute Gasteiger partial charge is 0.481 e. The van der Waals surface area contributed by atoms with Gasteiger partial charge in [-0.05, 0) is 59.9 Å². The minimum Gasteiger partial charge on any atom is -0.481 e. The van der Waals surface area contributed by atoms with Crippen molar-refractivity contribution in [3.63, 3.8) is 0 Å². The van der Waals surface area contributed by atoms with E-state index in [1.54, 1.807) is 10.7 Å². The van der Waals surface area contributed by atoms with Crippen molar-refractivity contribution in [3.05, 3.63) is 118 Å². The molecule has 0 saturated heterocycles. The predicted molar refractivity (Wildman–Crippen MR) is 150 cm³/mol. The lowest BCUT2D eigenvalue weighted by atomic mass is 9.97. The molecule has 0 atom stereocenters. The molecule has 8 heteroatoms. The van der Waals surface area contributed by atoms with Gasteiger partial charge in [0.25, 0.3) is 0 Å². The van der Waals surface area contributed by atoms with Crippen molar-refractivity contribution in [1.29, 1.82) is 0 Å². The van der Waals surface area contributed by atoms with E-state index >= 15 is 0 Å². The quantitative estimate of drug-likeness (QED) is 0.211. The van der Waals surface area contributed by atoms with E-state index in [1.165, 1.54) is 6.07 Å². The Balaban J connectivity index is 1.52. The van der Waals surface area contributed by atoms with E-state index in [-0.39, 0.29) is 11.9 Å². The van der Waals surface area contributed by atoms with Crippen LogP contribution in [-0.2, 0) is 30.5 Å². The molecule has 4 aromatic carbocycles. The molecule has 0 aliphatic heterocycles. The first kappa shape index (κ1) is 27.0. The van der Waals surface area contributed by atoms with Crippen LogP contribution in [0.15, 0.2) is 84.9 Å². The van der Waals surface area contributed by atoms with E-state index in [1.807, 2.05) is 80.6 Å². The van der Waals surface area contributed by atoms with Crippen LogP contribution in [0.2, 0.25) is 0 Å². The maximum absolute atomic E-state index is 13.9. The molecule has 0 spiro atoms. The van der Waals surface area contributed by atoms with Gasteiger partial charge in [-0.25, -0.2) is 0 Å². The van der Waals surface area contributed by atoms with Crippen LogP contribution in [0.1, 0.15) is 33.4 Å². The summed E-state index contributed by atoms with van der Waals surface area (Å²) in [6.45, 7) is 4.74. The van der Waals surface area contributed by atoms with Gasteiger partial charge in [0.1, 0.15) is 5.52 Å². The number of rotatable bonds is 8. The maximum atomic E-state index is 13.9. The van der Waals surface area contributed by atoms with E-state index in [4.69, 9.17) is 5.11 Å². The van der Waals surface area contributed by atoms with Crippen LogP contribution >= 0.6 is 0 Å². The molecule has 40 heavy (non-hydrogen) atoms. The molecule has 5 aromatic rings. The summed E-state index contributed by atoms with van der Waals surface area (Å²) in [4.78, 5) is 11.1. The van der Waals surface area contributed by atoms with Gasteiger partial charge >= 0.3 is 12.1 Å². The number of carboxylic acid groups (broad SMARTS) is 1. The van der Waals surface area contributed by atoms with Crippen molar-refractivity contribution in [2.75, 3.05) is 5.32 Å². The molecule has 0 amide bonds. The lowest BCUT2D eigenvalue weighted by molar-refractivity contribution is -0.137. The predicted octanol–water partition coefficient (Wildman–Crippen LogP) is 7.63. The van der Waals surface area contributed by atoms with Crippen molar-refractivity contribution >= 4 is 22.6 Å². The van der Waals surface area contributed by atoms with Gasteiger partial charge in [0, 0.05) is 23.2 Å². The van der Waals surface area contributed by atoms with Crippen LogP contribution in [0, 0.1) is 13.8 Å². The summed E-state index contributed by atoms with van der Waals surface area (Å²) in [5.41, 5.74) is 6.05. The Morgan fingerprint density at radius 1 is 0.900 bits per heavy atom. The highest BCUT2D eigenvalue weighted by atomic mass is 19.4. The fraction of sp³-hybridized carbons (Fsp3) is 0.188. The molecule has 0 saturated carbocycles. The zero-order chi connectivity index (χ0) is 28.4. The number of hydrogen-bond donors (Lipinski definition) is 2. The molecule has 5 rings (SSSR count). The number of alkyl halides is 3. The van der Waals surface area contributed by atoms with Gasteiger partial charge in [0.2, 0.25) is 0 Å². The summed E-state index contributed by atoms with van der Waals surface area (Å²) >= 11 is 0. The number of anilines is 1. The molecule has 0 fully saturated rings. The summed E-state index contributed by atoms with van der Waals surface area (Å²) in [5, 5.41) is 17.4. The Bertz CT molecular complexity index is 1670. The van der Waals surface area contributed by atoms with Crippen LogP contribution in [0.3, 0.4) is 0 Å². The normalized spacial score (nSPS) is 11.6. The summed E-state index contributed by atoms with van der Waals surface area (Å²) in [6.07, 6.45) is -4.56. The molecule has 204 valence electrons. The molecular formula is C32H28F3N3O2. The average molecular weight is 544 g/mol. The van der Waals surface area contributed by atoms with Crippen LogP contribution < -0.4 is 5.32 Å². The fourth-order valence-corrected chi connectivity index (χ4v) is 5.16. The number of carboxylic acids is 1. The Kier molecular flexibility index (Phi) is 7.34. The van der Waals surface area contributed by atoms with Gasteiger partial charge in [-0.3, -0.25) is 9.48 Å². The van der Waals surface area contributed by atoms with Gasteiger partial charge in [0.15, 0.2) is 0 Å². The van der Waals surface area contributed by atoms with Crippen molar-refractivity contribution in [1.82, 2.24) is 9.78 Å². The third-order valence-corrected chi connectivity index (χ3v) is 6.97. The topological polar surface area (TPSA) is 67.2 Å². The van der Waals surface area contributed by atoms with E-state index in [9.17, 15) is 18.0 Å². The Morgan fingerprint density at radius 3 is 2.27 bits per heavy atom. The SMILES string of the molecule is Cc1cc(CC(=O)O)cc(C)c1CNc1cccc(-c2c3cccc(C(F)(F)F)c3nn2Cc2ccccc2)c1. The van der Waals surface area contributed by atoms with Gasteiger partial charge in [-0.15, -0.1) is 0 Å². The number of benzene rings is 4.